The Morgan fingerprint density at radius 3 is 1.64 bits per heavy atom. The number of rotatable bonds is 13. The summed E-state index contributed by atoms with van der Waals surface area (Å²) >= 11 is -2.48. The van der Waals surface area contributed by atoms with Gasteiger partial charge in [-0.1, -0.05) is 0 Å². The molecule has 1 unspecified atom stereocenters. The van der Waals surface area contributed by atoms with E-state index in [1.54, 1.807) is 0 Å². The summed E-state index contributed by atoms with van der Waals surface area (Å²) in [5, 5.41) is 11.0. The van der Waals surface area contributed by atoms with Crippen LogP contribution < -0.4 is 0 Å². The molecular formula is C20H38OSn. The van der Waals surface area contributed by atoms with Gasteiger partial charge in [0.25, 0.3) is 0 Å². The maximum absolute atomic E-state index is 11.0. The molecule has 0 aliphatic carbocycles. The van der Waals surface area contributed by atoms with Gasteiger partial charge in [-0.3, -0.25) is 0 Å². The SMILES string of the molecule is C\C=C/C=C\C=C\[CH](O)[Sn]([CH2]CCC)([CH2]CCC)[CH2]CCC. The van der Waals surface area contributed by atoms with Crippen molar-refractivity contribution in [2.75, 3.05) is 0 Å². The zero-order valence-corrected chi connectivity index (χ0v) is 18.2. The molecule has 0 aliphatic heterocycles. The molecule has 0 saturated carbocycles. The van der Waals surface area contributed by atoms with Crippen LogP contribution in [0, 0.1) is 0 Å². The van der Waals surface area contributed by atoms with Crippen molar-refractivity contribution in [1.29, 1.82) is 0 Å². The molecule has 0 heterocycles. The van der Waals surface area contributed by atoms with Gasteiger partial charge in [0.1, 0.15) is 0 Å². The van der Waals surface area contributed by atoms with Crippen LogP contribution in [-0.4, -0.2) is 27.6 Å². The summed E-state index contributed by atoms with van der Waals surface area (Å²) in [5.41, 5.74) is 0. The molecule has 0 fully saturated rings. The zero-order chi connectivity index (χ0) is 16.7. The fourth-order valence-electron chi connectivity index (χ4n) is 3.02. The van der Waals surface area contributed by atoms with Crippen LogP contribution in [0.2, 0.25) is 13.3 Å². The predicted molar refractivity (Wildman–Crippen MR) is 104 cm³/mol. The van der Waals surface area contributed by atoms with Gasteiger partial charge in [-0.25, -0.2) is 0 Å². The maximum atomic E-state index is 11.0. The van der Waals surface area contributed by atoms with Crippen molar-refractivity contribution in [1.82, 2.24) is 0 Å². The standard InChI is InChI=1S/C8H11O.3C4H9.Sn/c1-2-3-4-5-6-7-8-9;3*1-3-4-2;/h2-9H,1H3;3*1,3-4H2,2H3;/b3-2-,5-4-,7-6+;;;;. The average Bonchev–Trinajstić information content (AvgIpc) is 2.54. The Balaban J connectivity index is 5.01. The predicted octanol–water partition coefficient (Wildman–Crippen LogP) is 6.42. The summed E-state index contributed by atoms with van der Waals surface area (Å²) in [4.78, 5) is 0. The third-order valence-electron chi connectivity index (χ3n) is 4.53. The second-order valence-corrected chi connectivity index (χ2v) is 20.2. The molecule has 0 aliphatic rings. The van der Waals surface area contributed by atoms with Gasteiger partial charge in [0.05, 0.1) is 0 Å². The Labute approximate surface area is 143 Å². The van der Waals surface area contributed by atoms with Gasteiger partial charge < -0.3 is 0 Å². The molecule has 0 bridgehead atoms. The van der Waals surface area contributed by atoms with E-state index in [4.69, 9.17) is 0 Å². The molecular weight excluding hydrogens is 375 g/mol. The third kappa shape index (κ3) is 9.19. The molecule has 0 aromatic rings. The fourth-order valence-corrected chi connectivity index (χ4v) is 18.2. The topological polar surface area (TPSA) is 20.2 Å². The average molecular weight is 413 g/mol. The molecule has 0 aromatic carbocycles. The molecule has 0 spiro atoms. The minimum atomic E-state index is -2.48. The van der Waals surface area contributed by atoms with Crippen molar-refractivity contribution in [2.45, 2.75) is 83.6 Å². The number of aliphatic hydroxyl groups excluding tert-OH is 1. The van der Waals surface area contributed by atoms with Crippen LogP contribution in [0.1, 0.15) is 66.2 Å². The van der Waals surface area contributed by atoms with Crippen LogP contribution in [0.3, 0.4) is 0 Å². The molecule has 0 rings (SSSR count). The van der Waals surface area contributed by atoms with Gasteiger partial charge in [-0.2, -0.15) is 0 Å². The minimum absolute atomic E-state index is 0.116. The summed E-state index contributed by atoms with van der Waals surface area (Å²) in [7, 11) is 0. The number of hydrogen-bond acceptors (Lipinski definition) is 1. The van der Waals surface area contributed by atoms with Gasteiger partial charge in [0, 0.05) is 0 Å². The number of aliphatic hydroxyl groups is 1. The molecule has 0 saturated heterocycles. The summed E-state index contributed by atoms with van der Waals surface area (Å²) < 4.78 is 3.95. The van der Waals surface area contributed by atoms with E-state index in [0.717, 1.165) is 0 Å². The third-order valence-corrected chi connectivity index (χ3v) is 20.2. The van der Waals surface area contributed by atoms with Gasteiger partial charge in [0.2, 0.25) is 0 Å². The molecule has 1 N–H and O–H groups in total. The van der Waals surface area contributed by atoms with Crippen molar-refractivity contribution >= 4 is 18.4 Å². The second kappa shape index (κ2) is 14.6. The van der Waals surface area contributed by atoms with Crippen molar-refractivity contribution in [3.05, 3.63) is 36.5 Å². The van der Waals surface area contributed by atoms with Crippen LogP contribution in [0.15, 0.2) is 36.5 Å². The Bertz CT molecular complexity index is 309. The first kappa shape index (κ1) is 22.0. The van der Waals surface area contributed by atoms with E-state index in [1.807, 2.05) is 31.2 Å². The van der Waals surface area contributed by atoms with Gasteiger partial charge >= 0.3 is 144 Å². The van der Waals surface area contributed by atoms with Gasteiger partial charge in [0.15, 0.2) is 0 Å². The Hall–Kier alpha value is -0.0213. The van der Waals surface area contributed by atoms with Crippen LogP contribution in [0.5, 0.6) is 0 Å². The number of unbranched alkanes of at least 4 members (excludes halogenated alkanes) is 3. The Kier molecular flexibility index (Phi) is 14.5. The zero-order valence-electron chi connectivity index (χ0n) is 15.4. The van der Waals surface area contributed by atoms with Crippen molar-refractivity contribution < 1.29 is 5.11 Å². The van der Waals surface area contributed by atoms with Crippen LogP contribution in [0.25, 0.3) is 0 Å². The second-order valence-electron chi connectivity index (χ2n) is 6.41. The van der Waals surface area contributed by atoms with Gasteiger partial charge in [-0.15, -0.1) is 0 Å². The van der Waals surface area contributed by atoms with E-state index in [-0.39, 0.29) is 4.12 Å². The molecule has 128 valence electrons. The van der Waals surface area contributed by atoms with Crippen LogP contribution in [-0.2, 0) is 0 Å². The Morgan fingerprint density at radius 1 is 0.773 bits per heavy atom. The first-order valence-corrected chi connectivity index (χ1v) is 17.0. The monoisotopic (exact) mass is 414 g/mol. The summed E-state index contributed by atoms with van der Waals surface area (Å²) in [5.74, 6) is 0. The molecule has 0 amide bonds. The van der Waals surface area contributed by atoms with Crippen molar-refractivity contribution in [3.63, 3.8) is 0 Å². The Morgan fingerprint density at radius 2 is 1.23 bits per heavy atom. The molecule has 2 heteroatoms. The molecule has 1 atom stereocenters. The van der Waals surface area contributed by atoms with E-state index in [1.165, 1.54) is 51.8 Å². The fraction of sp³-hybridized carbons (Fsp3) is 0.700. The summed E-state index contributed by atoms with van der Waals surface area (Å²) in [6.07, 6.45) is 20.0. The number of allylic oxidation sites excluding steroid dienone is 5. The summed E-state index contributed by atoms with van der Waals surface area (Å²) in [6, 6.07) is 0. The molecule has 0 radical (unpaired) electrons. The quantitative estimate of drug-likeness (QED) is 0.273. The first-order chi connectivity index (χ1) is 10.7. The van der Waals surface area contributed by atoms with Crippen LogP contribution >= 0.6 is 0 Å². The van der Waals surface area contributed by atoms with E-state index in [2.05, 4.69) is 32.9 Å². The molecule has 0 aromatic heterocycles. The van der Waals surface area contributed by atoms with E-state index < -0.39 is 18.4 Å². The van der Waals surface area contributed by atoms with E-state index >= 15 is 0 Å². The summed E-state index contributed by atoms with van der Waals surface area (Å²) in [6.45, 7) is 8.85. The van der Waals surface area contributed by atoms with Crippen molar-refractivity contribution in [3.8, 4) is 0 Å². The van der Waals surface area contributed by atoms with E-state index in [9.17, 15) is 5.11 Å². The van der Waals surface area contributed by atoms with Gasteiger partial charge in [-0.05, 0) is 0 Å². The molecule has 22 heavy (non-hydrogen) atoms. The normalized spacial score (nSPS) is 14.6. The van der Waals surface area contributed by atoms with Crippen molar-refractivity contribution in [2.24, 2.45) is 0 Å². The van der Waals surface area contributed by atoms with E-state index in [0.29, 0.717) is 0 Å². The molecule has 1 nitrogen and oxygen atoms in total. The number of hydrogen-bond donors (Lipinski definition) is 1. The first-order valence-electron chi connectivity index (χ1n) is 9.31. The van der Waals surface area contributed by atoms with Crippen LogP contribution in [0.4, 0.5) is 0 Å².